The summed E-state index contributed by atoms with van der Waals surface area (Å²) in [6.07, 6.45) is 2.65. The van der Waals surface area contributed by atoms with Gasteiger partial charge in [-0.2, -0.15) is 5.10 Å². The Kier molecular flexibility index (Phi) is 3.90. The maximum Gasteiger partial charge on any atom is 0.263 e. The summed E-state index contributed by atoms with van der Waals surface area (Å²) < 4.78 is 1.74. The lowest BCUT2D eigenvalue weighted by Gasteiger charge is -2.06. The molecule has 0 saturated heterocycles. The maximum absolute atomic E-state index is 9.81. The number of nitrogens with one attached hydrogen (secondary N) is 1. The highest BCUT2D eigenvalue weighted by atomic mass is 79.9. The van der Waals surface area contributed by atoms with E-state index in [0.29, 0.717) is 10.0 Å². The Balaban J connectivity index is 2.22. The van der Waals surface area contributed by atoms with E-state index in [-0.39, 0.29) is 21.9 Å². The fourth-order valence-corrected chi connectivity index (χ4v) is 2.35. The van der Waals surface area contributed by atoms with Crippen LogP contribution in [0.2, 0.25) is 0 Å². The number of hydrogen-bond acceptors (Lipinski definition) is 7. The minimum Gasteiger partial charge on any atom is -0.506 e. The molecule has 1 heterocycles. The predicted molar refractivity (Wildman–Crippen MR) is 76.6 cm³/mol. The number of benzene rings is 1. The molecule has 0 fully saturated rings. The van der Waals surface area contributed by atoms with Gasteiger partial charge in [0.05, 0.1) is 10.7 Å². The average Bonchev–Trinajstić information content (AvgIpc) is 2.79. The van der Waals surface area contributed by atoms with Crippen molar-refractivity contribution in [2.24, 2.45) is 5.10 Å². The van der Waals surface area contributed by atoms with Gasteiger partial charge in [0.1, 0.15) is 22.3 Å². The van der Waals surface area contributed by atoms with Crippen molar-refractivity contribution in [3.05, 3.63) is 26.9 Å². The molecule has 8 nitrogen and oxygen atoms in total. The minimum atomic E-state index is -0.138. The highest BCUT2D eigenvalue weighted by Gasteiger charge is 2.12. The van der Waals surface area contributed by atoms with Crippen molar-refractivity contribution in [2.45, 2.75) is 0 Å². The van der Waals surface area contributed by atoms with Crippen LogP contribution in [0.5, 0.6) is 11.5 Å². The number of hydrogen-bond donors (Lipinski definition) is 4. The maximum atomic E-state index is 9.81. The van der Waals surface area contributed by atoms with Crippen LogP contribution < -0.4 is 11.3 Å². The van der Waals surface area contributed by atoms with Gasteiger partial charge in [-0.05, 0) is 37.9 Å². The number of rotatable bonds is 3. The lowest BCUT2D eigenvalue weighted by atomic mass is 10.2. The molecule has 0 aliphatic rings. The first-order valence-electron chi connectivity index (χ1n) is 4.84. The Morgan fingerprint density at radius 2 is 2.11 bits per heavy atom. The molecule has 0 bridgehead atoms. The van der Waals surface area contributed by atoms with E-state index in [1.807, 2.05) is 0 Å². The van der Waals surface area contributed by atoms with Gasteiger partial charge in [-0.15, -0.1) is 10.2 Å². The molecule has 0 aliphatic heterocycles. The number of anilines is 1. The van der Waals surface area contributed by atoms with E-state index in [2.05, 4.69) is 52.6 Å². The molecule has 19 heavy (non-hydrogen) atoms. The third-order valence-electron chi connectivity index (χ3n) is 2.14. The zero-order chi connectivity index (χ0) is 14.0. The normalized spacial score (nSPS) is 11.1. The molecule has 0 atom stereocenters. The van der Waals surface area contributed by atoms with E-state index in [0.717, 1.165) is 4.68 Å². The predicted octanol–water partition coefficient (Wildman–Crippen LogP) is 1.37. The zero-order valence-corrected chi connectivity index (χ0v) is 12.4. The Bertz CT molecular complexity index is 642. The molecule has 10 heteroatoms. The second kappa shape index (κ2) is 5.45. The van der Waals surface area contributed by atoms with Crippen LogP contribution in [0.15, 0.2) is 26.4 Å². The van der Waals surface area contributed by atoms with Gasteiger partial charge < -0.3 is 16.1 Å². The Hall–Kier alpha value is -1.81. The number of nitrogen functional groups attached to an aromatic ring is 1. The van der Waals surface area contributed by atoms with Crippen LogP contribution in [0.1, 0.15) is 5.56 Å². The van der Waals surface area contributed by atoms with Crippen molar-refractivity contribution in [1.29, 1.82) is 0 Å². The molecule has 0 saturated carbocycles. The Morgan fingerprint density at radius 1 is 1.37 bits per heavy atom. The number of hydrazone groups is 1. The number of nitrogens with zero attached hydrogens (tertiary/aromatic N) is 4. The fourth-order valence-electron chi connectivity index (χ4n) is 1.20. The quantitative estimate of drug-likeness (QED) is 0.356. The molecule has 1 aromatic heterocycles. The van der Waals surface area contributed by atoms with Crippen LogP contribution in [0.4, 0.5) is 5.95 Å². The number of phenolic OH excluding ortho intramolecular Hbond substituents is 2. The standard InChI is InChI=1S/C9H8Br2N6O2/c10-5-1-4(7(18)6(11)8(5)19)2-13-15-9-16-14-3-17(9)12/h1-3,18-19H,12H2,(H,15,16)/b13-2-. The van der Waals surface area contributed by atoms with Crippen LogP contribution in [-0.4, -0.2) is 31.3 Å². The third-order valence-corrected chi connectivity index (χ3v) is 3.49. The van der Waals surface area contributed by atoms with Gasteiger partial charge in [-0.25, -0.2) is 10.1 Å². The lowest BCUT2D eigenvalue weighted by molar-refractivity contribution is 0.442. The van der Waals surface area contributed by atoms with Crippen LogP contribution in [0.25, 0.3) is 0 Å². The first kappa shape index (κ1) is 13.6. The first-order chi connectivity index (χ1) is 9.00. The summed E-state index contributed by atoms with van der Waals surface area (Å²) in [5.74, 6) is 5.49. The second-order valence-corrected chi connectivity index (χ2v) is 5.04. The van der Waals surface area contributed by atoms with E-state index in [9.17, 15) is 10.2 Å². The topological polar surface area (TPSA) is 122 Å². The number of halogens is 2. The molecule has 0 spiro atoms. The number of aromatic hydroxyl groups is 2. The lowest BCUT2D eigenvalue weighted by Crippen LogP contribution is -2.10. The molecule has 2 aromatic rings. The molecule has 0 unspecified atom stereocenters. The second-order valence-electron chi connectivity index (χ2n) is 3.39. The molecule has 100 valence electrons. The van der Waals surface area contributed by atoms with Crippen molar-refractivity contribution in [3.63, 3.8) is 0 Å². The van der Waals surface area contributed by atoms with Crippen molar-refractivity contribution in [3.8, 4) is 11.5 Å². The van der Waals surface area contributed by atoms with Crippen molar-refractivity contribution >= 4 is 44.0 Å². The molecule has 0 radical (unpaired) electrons. The van der Waals surface area contributed by atoms with Crippen LogP contribution >= 0.6 is 31.9 Å². The highest BCUT2D eigenvalue weighted by Crippen LogP contribution is 2.40. The smallest absolute Gasteiger partial charge is 0.263 e. The summed E-state index contributed by atoms with van der Waals surface area (Å²) in [6, 6.07) is 1.51. The molecule has 2 rings (SSSR count). The number of aromatic nitrogens is 3. The summed E-state index contributed by atoms with van der Waals surface area (Å²) in [4.78, 5) is 0. The van der Waals surface area contributed by atoms with Gasteiger partial charge in [0, 0.05) is 5.56 Å². The summed E-state index contributed by atoms with van der Waals surface area (Å²) in [5.41, 5.74) is 2.93. The van der Waals surface area contributed by atoms with Gasteiger partial charge in [0.25, 0.3) is 5.95 Å². The average molecular weight is 392 g/mol. The van der Waals surface area contributed by atoms with Crippen molar-refractivity contribution < 1.29 is 10.2 Å². The van der Waals surface area contributed by atoms with Crippen molar-refractivity contribution in [2.75, 3.05) is 11.3 Å². The third kappa shape index (κ3) is 2.79. The van der Waals surface area contributed by atoms with Crippen molar-refractivity contribution in [1.82, 2.24) is 14.9 Å². The highest BCUT2D eigenvalue weighted by molar-refractivity contribution is 9.11. The molecule has 1 aromatic carbocycles. The van der Waals surface area contributed by atoms with Gasteiger partial charge in [0.2, 0.25) is 0 Å². The monoisotopic (exact) mass is 390 g/mol. The zero-order valence-electron chi connectivity index (χ0n) is 9.25. The minimum absolute atomic E-state index is 0.0932. The number of nitrogens with two attached hydrogens (primary N) is 1. The Labute approximate surface area is 124 Å². The summed E-state index contributed by atoms with van der Waals surface area (Å²) in [6.45, 7) is 0. The van der Waals surface area contributed by atoms with Gasteiger partial charge in [-0.1, -0.05) is 0 Å². The largest absolute Gasteiger partial charge is 0.506 e. The van der Waals surface area contributed by atoms with E-state index < -0.39 is 0 Å². The number of phenols is 2. The Morgan fingerprint density at radius 3 is 2.74 bits per heavy atom. The summed E-state index contributed by atoms with van der Waals surface area (Å²) in [7, 11) is 0. The molecular formula is C9H8Br2N6O2. The van der Waals surface area contributed by atoms with Gasteiger partial charge in [-0.3, -0.25) is 0 Å². The van der Waals surface area contributed by atoms with E-state index >= 15 is 0 Å². The van der Waals surface area contributed by atoms with Crippen LogP contribution in [0, 0.1) is 0 Å². The van der Waals surface area contributed by atoms with Gasteiger partial charge >= 0.3 is 0 Å². The van der Waals surface area contributed by atoms with Crippen LogP contribution in [0.3, 0.4) is 0 Å². The van der Waals surface area contributed by atoms with E-state index in [1.165, 1.54) is 18.6 Å². The van der Waals surface area contributed by atoms with Gasteiger partial charge in [0.15, 0.2) is 0 Å². The molecule has 0 aliphatic carbocycles. The van der Waals surface area contributed by atoms with E-state index in [1.54, 1.807) is 0 Å². The fraction of sp³-hybridized carbons (Fsp3) is 0. The molecular weight excluding hydrogens is 384 g/mol. The SMILES string of the molecule is Nn1cnnc1N/N=C\c1cc(Br)c(O)c(Br)c1O. The first-order valence-corrected chi connectivity index (χ1v) is 6.43. The van der Waals surface area contributed by atoms with Crippen LogP contribution in [-0.2, 0) is 0 Å². The summed E-state index contributed by atoms with van der Waals surface area (Å²) in [5, 5.41) is 30.5. The molecule has 5 N–H and O–H groups in total. The summed E-state index contributed by atoms with van der Waals surface area (Å²) >= 11 is 6.22. The van der Waals surface area contributed by atoms with E-state index in [4.69, 9.17) is 5.84 Å². The molecule has 0 amide bonds.